The SMILES string of the molecule is COc1ccc(C#N)cc1[C@]1(C)C[C@@H](C)[C@@H]2[C@@H](C1)C(C)(C)ON2C. The van der Waals surface area contributed by atoms with Crippen molar-refractivity contribution in [3.8, 4) is 11.8 Å². The Balaban J connectivity index is 2.04. The van der Waals surface area contributed by atoms with Crippen molar-refractivity contribution in [2.45, 2.75) is 57.6 Å². The lowest BCUT2D eigenvalue weighted by molar-refractivity contribution is -0.182. The van der Waals surface area contributed by atoms with E-state index in [4.69, 9.17) is 9.57 Å². The van der Waals surface area contributed by atoms with Crippen LogP contribution in [0.15, 0.2) is 18.2 Å². The average molecular weight is 328 g/mol. The first-order valence-electron chi connectivity index (χ1n) is 8.72. The zero-order valence-corrected chi connectivity index (χ0v) is 15.6. The quantitative estimate of drug-likeness (QED) is 0.826. The van der Waals surface area contributed by atoms with Gasteiger partial charge in [0.15, 0.2) is 0 Å². The lowest BCUT2D eigenvalue weighted by atomic mass is 9.59. The van der Waals surface area contributed by atoms with Crippen LogP contribution in [-0.2, 0) is 10.3 Å². The molecule has 130 valence electrons. The highest BCUT2D eigenvalue weighted by Gasteiger charge is 2.55. The van der Waals surface area contributed by atoms with Gasteiger partial charge < -0.3 is 4.74 Å². The van der Waals surface area contributed by atoms with E-state index in [9.17, 15) is 5.26 Å². The predicted molar refractivity (Wildman–Crippen MR) is 93.7 cm³/mol. The van der Waals surface area contributed by atoms with Gasteiger partial charge in [-0.3, -0.25) is 4.84 Å². The molecular weight excluding hydrogens is 300 g/mol. The normalized spacial score (nSPS) is 35.3. The van der Waals surface area contributed by atoms with Crippen LogP contribution < -0.4 is 4.74 Å². The second-order valence-electron chi connectivity index (χ2n) is 8.31. The van der Waals surface area contributed by atoms with E-state index in [1.54, 1.807) is 7.11 Å². The molecule has 1 aromatic rings. The first kappa shape index (κ1) is 17.3. The summed E-state index contributed by atoms with van der Waals surface area (Å²) in [6.07, 6.45) is 2.09. The smallest absolute Gasteiger partial charge is 0.122 e. The zero-order valence-electron chi connectivity index (χ0n) is 15.6. The van der Waals surface area contributed by atoms with Gasteiger partial charge in [0.25, 0.3) is 0 Å². The summed E-state index contributed by atoms with van der Waals surface area (Å²) in [5, 5.41) is 11.4. The molecular formula is C20H28N2O2. The molecule has 1 aliphatic heterocycles. The molecule has 4 nitrogen and oxygen atoms in total. The van der Waals surface area contributed by atoms with E-state index in [1.165, 1.54) is 0 Å². The largest absolute Gasteiger partial charge is 0.496 e. The third kappa shape index (κ3) is 2.60. The van der Waals surface area contributed by atoms with Crippen LogP contribution in [-0.4, -0.2) is 30.9 Å². The monoisotopic (exact) mass is 328 g/mol. The van der Waals surface area contributed by atoms with Crippen molar-refractivity contribution in [3.63, 3.8) is 0 Å². The molecule has 4 atom stereocenters. The molecule has 1 saturated heterocycles. The molecule has 0 spiro atoms. The molecule has 2 aliphatic rings. The highest BCUT2D eigenvalue weighted by Crippen LogP contribution is 2.54. The number of nitrogens with zero attached hydrogens (tertiary/aromatic N) is 2. The summed E-state index contributed by atoms with van der Waals surface area (Å²) in [4.78, 5) is 6.15. The fourth-order valence-corrected chi connectivity index (χ4v) is 5.15. The number of rotatable bonds is 2. The Bertz CT molecular complexity index is 679. The summed E-state index contributed by atoms with van der Waals surface area (Å²) in [6.45, 7) is 9.01. The van der Waals surface area contributed by atoms with Gasteiger partial charge in [-0.2, -0.15) is 10.3 Å². The maximum absolute atomic E-state index is 9.31. The number of hydroxylamine groups is 2. The summed E-state index contributed by atoms with van der Waals surface area (Å²) in [6, 6.07) is 8.48. The Morgan fingerprint density at radius 3 is 2.62 bits per heavy atom. The van der Waals surface area contributed by atoms with Gasteiger partial charge in [0, 0.05) is 24.6 Å². The summed E-state index contributed by atoms with van der Waals surface area (Å²) >= 11 is 0. The van der Waals surface area contributed by atoms with Crippen LogP contribution in [0.5, 0.6) is 5.75 Å². The second-order valence-corrected chi connectivity index (χ2v) is 8.31. The number of benzene rings is 1. The maximum Gasteiger partial charge on any atom is 0.122 e. The van der Waals surface area contributed by atoms with Crippen molar-refractivity contribution in [1.82, 2.24) is 5.06 Å². The summed E-state index contributed by atoms with van der Waals surface area (Å²) in [5.41, 5.74) is 1.65. The van der Waals surface area contributed by atoms with E-state index in [0.29, 0.717) is 23.4 Å². The minimum absolute atomic E-state index is 0.0232. The van der Waals surface area contributed by atoms with Gasteiger partial charge in [0.1, 0.15) is 5.75 Å². The van der Waals surface area contributed by atoms with E-state index in [1.807, 2.05) is 18.2 Å². The van der Waals surface area contributed by atoms with Crippen LogP contribution in [0.3, 0.4) is 0 Å². The van der Waals surface area contributed by atoms with E-state index >= 15 is 0 Å². The fourth-order valence-electron chi connectivity index (χ4n) is 5.15. The van der Waals surface area contributed by atoms with E-state index < -0.39 is 0 Å². The topological polar surface area (TPSA) is 45.5 Å². The van der Waals surface area contributed by atoms with Crippen molar-refractivity contribution >= 4 is 0 Å². The number of nitriles is 1. The van der Waals surface area contributed by atoms with Crippen molar-refractivity contribution < 1.29 is 9.57 Å². The molecule has 0 unspecified atom stereocenters. The second kappa shape index (κ2) is 5.75. The summed E-state index contributed by atoms with van der Waals surface area (Å²) < 4.78 is 5.63. The molecule has 4 heteroatoms. The Kier molecular flexibility index (Phi) is 4.14. The van der Waals surface area contributed by atoms with Crippen molar-refractivity contribution in [1.29, 1.82) is 5.26 Å². The zero-order chi connectivity index (χ0) is 17.7. The average Bonchev–Trinajstić information content (AvgIpc) is 2.75. The van der Waals surface area contributed by atoms with Gasteiger partial charge in [-0.1, -0.05) is 13.8 Å². The Hall–Kier alpha value is -1.57. The molecule has 0 bridgehead atoms. The van der Waals surface area contributed by atoms with E-state index in [2.05, 4.69) is 45.9 Å². The number of methoxy groups -OCH3 is 1. The van der Waals surface area contributed by atoms with Gasteiger partial charge in [0.05, 0.1) is 24.3 Å². The van der Waals surface area contributed by atoms with Crippen LogP contribution in [0, 0.1) is 23.2 Å². The number of fused-ring (bicyclic) bond motifs is 1. The molecule has 2 fully saturated rings. The molecule has 0 radical (unpaired) electrons. The lowest BCUT2D eigenvalue weighted by Crippen LogP contribution is -2.48. The van der Waals surface area contributed by atoms with Crippen LogP contribution in [0.1, 0.15) is 51.7 Å². The maximum atomic E-state index is 9.31. The Morgan fingerprint density at radius 1 is 1.29 bits per heavy atom. The minimum atomic E-state index is -0.171. The van der Waals surface area contributed by atoms with Crippen molar-refractivity contribution in [2.24, 2.45) is 11.8 Å². The van der Waals surface area contributed by atoms with Gasteiger partial charge >= 0.3 is 0 Å². The van der Waals surface area contributed by atoms with E-state index in [0.717, 1.165) is 24.2 Å². The first-order valence-corrected chi connectivity index (χ1v) is 8.72. The standard InChI is InChI=1S/C20H28N2O2/c1-13-10-20(4,11-16-18(13)22(5)24-19(16,2)3)15-9-14(12-21)7-8-17(15)23-6/h7-9,13,16,18H,10-11H2,1-6H3/t13-,16-,18-,20-/m1/s1. The molecule has 1 aliphatic carbocycles. The van der Waals surface area contributed by atoms with Crippen LogP contribution in [0.25, 0.3) is 0 Å². The third-order valence-corrected chi connectivity index (χ3v) is 6.11. The Morgan fingerprint density at radius 2 is 2.00 bits per heavy atom. The van der Waals surface area contributed by atoms with Gasteiger partial charge in [-0.15, -0.1) is 0 Å². The first-order chi connectivity index (χ1) is 11.2. The molecule has 24 heavy (non-hydrogen) atoms. The van der Waals surface area contributed by atoms with Crippen molar-refractivity contribution in [2.75, 3.05) is 14.2 Å². The predicted octanol–water partition coefficient (Wildman–Crippen LogP) is 3.89. The number of ether oxygens (including phenoxy) is 1. The highest BCUT2D eigenvalue weighted by atomic mass is 16.7. The molecule has 3 rings (SSSR count). The Labute approximate surface area is 145 Å². The van der Waals surface area contributed by atoms with Crippen LogP contribution in [0.2, 0.25) is 0 Å². The third-order valence-electron chi connectivity index (χ3n) is 6.11. The molecule has 1 saturated carbocycles. The molecule has 1 aromatic carbocycles. The van der Waals surface area contributed by atoms with Gasteiger partial charge in [-0.05, 0) is 56.2 Å². The van der Waals surface area contributed by atoms with Crippen LogP contribution >= 0.6 is 0 Å². The summed E-state index contributed by atoms with van der Waals surface area (Å²) in [5.74, 6) is 1.84. The minimum Gasteiger partial charge on any atom is -0.496 e. The van der Waals surface area contributed by atoms with Crippen molar-refractivity contribution in [3.05, 3.63) is 29.3 Å². The molecule has 0 aromatic heterocycles. The molecule has 0 N–H and O–H groups in total. The molecule has 0 amide bonds. The van der Waals surface area contributed by atoms with Gasteiger partial charge in [-0.25, -0.2) is 0 Å². The highest BCUT2D eigenvalue weighted by molar-refractivity contribution is 5.46. The number of hydrogen-bond donors (Lipinski definition) is 0. The van der Waals surface area contributed by atoms with Gasteiger partial charge in [0.2, 0.25) is 0 Å². The lowest BCUT2D eigenvalue weighted by Gasteiger charge is -2.46. The number of hydrogen-bond acceptors (Lipinski definition) is 4. The molecule has 1 heterocycles. The fraction of sp³-hybridized carbons (Fsp3) is 0.650. The van der Waals surface area contributed by atoms with Crippen LogP contribution in [0.4, 0.5) is 0 Å². The van der Waals surface area contributed by atoms with E-state index in [-0.39, 0.29) is 11.0 Å². The summed E-state index contributed by atoms with van der Waals surface area (Å²) in [7, 11) is 3.77.